The molecule has 0 amide bonds. The lowest BCUT2D eigenvalue weighted by atomic mass is 9.79. The van der Waals surface area contributed by atoms with Crippen molar-refractivity contribution in [1.82, 2.24) is 15.6 Å². The van der Waals surface area contributed by atoms with Crippen LogP contribution in [0.2, 0.25) is 0 Å². The Morgan fingerprint density at radius 3 is 2.85 bits per heavy atom. The van der Waals surface area contributed by atoms with E-state index in [1.807, 2.05) is 12.3 Å². The zero-order chi connectivity index (χ0) is 13.8. The first-order valence-corrected chi connectivity index (χ1v) is 8.25. The minimum absolute atomic E-state index is 0.350. The van der Waals surface area contributed by atoms with Crippen LogP contribution in [0.15, 0.2) is 24.4 Å². The van der Waals surface area contributed by atoms with Crippen LogP contribution in [-0.4, -0.2) is 23.6 Å². The first-order valence-electron chi connectivity index (χ1n) is 8.25. The van der Waals surface area contributed by atoms with Crippen LogP contribution in [0.3, 0.4) is 0 Å². The molecular formula is C17H27N3. The van der Waals surface area contributed by atoms with E-state index in [-0.39, 0.29) is 0 Å². The Kier molecular flexibility index (Phi) is 4.69. The van der Waals surface area contributed by atoms with Gasteiger partial charge < -0.3 is 10.6 Å². The molecule has 4 atom stereocenters. The van der Waals surface area contributed by atoms with E-state index in [1.54, 1.807) is 0 Å². The van der Waals surface area contributed by atoms with Gasteiger partial charge in [-0.25, -0.2) is 0 Å². The van der Waals surface area contributed by atoms with Crippen LogP contribution < -0.4 is 10.6 Å². The van der Waals surface area contributed by atoms with Crippen LogP contribution in [-0.2, 0) is 0 Å². The second kappa shape index (κ2) is 6.68. The molecule has 3 unspecified atom stereocenters. The molecule has 1 aliphatic carbocycles. The molecule has 0 radical (unpaired) electrons. The highest BCUT2D eigenvalue weighted by Crippen LogP contribution is 2.31. The normalized spacial score (nSPS) is 32.1. The number of aromatic nitrogens is 1. The van der Waals surface area contributed by atoms with Crippen molar-refractivity contribution in [1.29, 1.82) is 0 Å². The van der Waals surface area contributed by atoms with Crippen LogP contribution in [0.1, 0.15) is 57.2 Å². The molecule has 2 N–H and O–H groups in total. The van der Waals surface area contributed by atoms with Gasteiger partial charge in [-0.1, -0.05) is 18.9 Å². The van der Waals surface area contributed by atoms with E-state index in [2.05, 4.69) is 34.7 Å². The van der Waals surface area contributed by atoms with Gasteiger partial charge in [-0.15, -0.1) is 0 Å². The third-order valence-electron chi connectivity index (χ3n) is 5.03. The number of nitrogens with zero attached hydrogens (tertiary/aromatic N) is 1. The third-order valence-corrected chi connectivity index (χ3v) is 5.03. The fourth-order valence-corrected chi connectivity index (χ4v) is 3.96. The van der Waals surface area contributed by atoms with Crippen LogP contribution in [0.25, 0.3) is 0 Å². The summed E-state index contributed by atoms with van der Waals surface area (Å²) in [6, 6.07) is 7.94. The van der Waals surface area contributed by atoms with Crippen LogP contribution in [0.4, 0.5) is 0 Å². The summed E-state index contributed by atoms with van der Waals surface area (Å²) in [4.78, 5) is 4.49. The zero-order valence-electron chi connectivity index (χ0n) is 12.5. The largest absolute Gasteiger partial charge is 0.314 e. The Labute approximate surface area is 122 Å². The number of pyridine rings is 1. The Morgan fingerprint density at radius 1 is 1.20 bits per heavy atom. The summed E-state index contributed by atoms with van der Waals surface area (Å²) in [7, 11) is 0. The van der Waals surface area contributed by atoms with Crippen LogP contribution in [0.5, 0.6) is 0 Å². The molecule has 0 spiro atoms. The fraction of sp³-hybridized carbons (Fsp3) is 0.706. The van der Waals surface area contributed by atoms with E-state index < -0.39 is 0 Å². The maximum absolute atomic E-state index is 4.49. The van der Waals surface area contributed by atoms with Gasteiger partial charge in [-0.2, -0.15) is 0 Å². The molecule has 1 saturated carbocycles. The summed E-state index contributed by atoms with van der Waals surface area (Å²) in [6.45, 7) is 3.46. The lowest BCUT2D eigenvalue weighted by Crippen LogP contribution is -2.47. The van der Waals surface area contributed by atoms with Crippen molar-refractivity contribution in [2.75, 3.05) is 6.54 Å². The van der Waals surface area contributed by atoms with Gasteiger partial charge in [0.1, 0.15) is 0 Å². The van der Waals surface area contributed by atoms with Crippen molar-refractivity contribution in [3.05, 3.63) is 30.1 Å². The highest BCUT2D eigenvalue weighted by atomic mass is 15.0. The van der Waals surface area contributed by atoms with Crippen molar-refractivity contribution in [2.45, 2.75) is 63.6 Å². The van der Waals surface area contributed by atoms with Crippen LogP contribution in [0, 0.1) is 5.92 Å². The van der Waals surface area contributed by atoms with E-state index in [0.29, 0.717) is 12.1 Å². The monoisotopic (exact) mass is 273 g/mol. The van der Waals surface area contributed by atoms with Gasteiger partial charge in [0, 0.05) is 24.3 Å². The molecule has 3 heteroatoms. The predicted molar refractivity (Wildman–Crippen MR) is 82.6 cm³/mol. The second-order valence-corrected chi connectivity index (χ2v) is 6.40. The van der Waals surface area contributed by atoms with Gasteiger partial charge in [0.05, 0.1) is 5.69 Å². The SMILES string of the molecule is C[C@H](NC1CCCCC1C1CCCN1)c1ccccn1. The van der Waals surface area contributed by atoms with Gasteiger partial charge in [0.25, 0.3) is 0 Å². The summed E-state index contributed by atoms with van der Waals surface area (Å²) in [5.41, 5.74) is 1.16. The number of hydrogen-bond donors (Lipinski definition) is 2. The molecule has 110 valence electrons. The molecule has 3 rings (SSSR count). The van der Waals surface area contributed by atoms with Gasteiger partial charge >= 0.3 is 0 Å². The molecule has 2 fully saturated rings. The first kappa shape index (κ1) is 14.0. The molecule has 1 aromatic rings. The maximum atomic E-state index is 4.49. The van der Waals surface area contributed by atoms with E-state index in [9.17, 15) is 0 Å². The summed E-state index contributed by atoms with van der Waals surface area (Å²) >= 11 is 0. The Balaban J connectivity index is 1.64. The molecule has 1 saturated heterocycles. The van der Waals surface area contributed by atoms with Gasteiger partial charge in [-0.05, 0) is 57.2 Å². The lowest BCUT2D eigenvalue weighted by Gasteiger charge is -2.38. The average molecular weight is 273 g/mol. The molecule has 3 nitrogen and oxygen atoms in total. The maximum Gasteiger partial charge on any atom is 0.0570 e. The summed E-state index contributed by atoms with van der Waals surface area (Å²) in [5, 5.41) is 7.57. The molecule has 2 aliphatic rings. The van der Waals surface area contributed by atoms with Gasteiger partial charge in [-0.3, -0.25) is 4.98 Å². The van der Waals surface area contributed by atoms with Gasteiger partial charge in [0.2, 0.25) is 0 Å². The van der Waals surface area contributed by atoms with E-state index >= 15 is 0 Å². The third kappa shape index (κ3) is 3.21. The highest BCUT2D eigenvalue weighted by molar-refractivity contribution is 5.08. The quantitative estimate of drug-likeness (QED) is 0.885. The minimum Gasteiger partial charge on any atom is -0.314 e. The van der Waals surface area contributed by atoms with Crippen molar-refractivity contribution in [3.8, 4) is 0 Å². The van der Waals surface area contributed by atoms with Crippen LogP contribution >= 0.6 is 0 Å². The second-order valence-electron chi connectivity index (χ2n) is 6.40. The number of rotatable bonds is 4. The first-order chi connectivity index (χ1) is 9.84. The topological polar surface area (TPSA) is 37.0 Å². The van der Waals surface area contributed by atoms with Crippen molar-refractivity contribution >= 4 is 0 Å². The van der Waals surface area contributed by atoms with E-state index in [4.69, 9.17) is 0 Å². The summed E-state index contributed by atoms with van der Waals surface area (Å²) in [6.07, 6.45) is 10.1. The minimum atomic E-state index is 0.350. The summed E-state index contributed by atoms with van der Waals surface area (Å²) < 4.78 is 0. The zero-order valence-corrected chi connectivity index (χ0v) is 12.5. The van der Waals surface area contributed by atoms with Crippen molar-refractivity contribution < 1.29 is 0 Å². The standard InChI is InChI=1S/C17H27N3/c1-13(15-8-4-5-11-18-15)20-17-9-3-2-7-14(17)16-10-6-12-19-16/h4-5,8,11,13-14,16-17,19-20H,2-3,6-7,9-10,12H2,1H3/t13-,14?,16?,17?/m0/s1. The summed E-state index contributed by atoms with van der Waals surface area (Å²) in [5.74, 6) is 0.803. The Bertz CT molecular complexity index is 400. The Hall–Kier alpha value is -0.930. The fourth-order valence-electron chi connectivity index (χ4n) is 3.96. The number of hydrogen-bond acceptors (Lipinski definition) is 3. The molecule has 1 aromatic heterocycles. The Morgan fingerprint density at radius 2 is 2.10 bits per heavy atom. The van der Waals surface area contributed by atoms with Crippen molar-refractivity contribution in [2.24, 2.45) is 5.92 Å². The smallest absolute Gasteiger partial charge is 0.0570 e. The molecular weight excluding hydrogens is 246 g/mol. The van der Waals surface area contributed by atoms with Gasteiger partial charge in [0.15, 0.2) is 0 Å². The molecule has 0 bridgehead atoms. The number of nitrogens with one attached hydrogen (secondary N) is 2. The predicted octanol–water partition coefficient (Wildman–Crippen LogP) is 3.04. The molecule has 0 aromatic carbocycles. The average Bonchev–Trinajstić information content (AvgIpc) is 3.03. The molecule has 1 aliphatic heterocycles. The van der Waals surface area contributed by atoms with E-state index in [0.717, 1.165) is 17.7 Å². The van der Waals surface area contributed by atoms with E-state index in [1.165, 1.54) is 45.1 Å². The lowest BCUT2D eigenvalue weighted by molar-refractivity contribution is 0.203. The molecule has 2 heterocycles. The van der Waals surface area contributed by atoms with Crippen molar-refractivity contribution in [3.63, 3.8) is 0 Å². The highest BCUT2D eigenvalue weighted by Gasteiger charge is 2.33. The molecule has 20 heavy (non-hydrogen) atoms.